The minimum absolute atomic E-state index is 0.133. The summed E-state index contributed by atoms with van der Waals surface area (Å²) in [5.41, 5.74) is 4.59. The Hall–Kier alpha value is -3.36. The first kappa shape index (κ1) is 20.4. The van der Waals surface area contributed by atoms with Crippen LogP contribution in [0.25, 0.3) is 11.3 Å². The molecule has 0 atom stereocenters. The molecule has 5 nitrogen and oxygen atoms in total. The molecule has 0 spiro atoms. The Morgan fingerprint density at radius 1 is 0.793 bits per heavy atom. The van der Waals surface area contributed by atoms with E-state index in [0.29, 0.717) is 5.69 Å². The molecular formula is C20H19F4N5. The predicted molar refractivity (Wildman–Crippen MR) is 104 cm³/mol. The molecule has 0 fully saturated rings. The molecule has 0 bridgehead atoms. The molecule has 1 aromatic heterocycles. The highest BCUT2D eigenvalue weighted by atomic mass is 19.2. The van der Waals surface area contributed by atoms with Gasteiger partial charge in [0.1, 0.15) is 5.69 Å². The Labute approximate surface area is 165 Å². The van der Waals surface area contributed by atoms with Crippen molar-refractivity contribution in [3.05, 3.63) is 65.7 Å². The smallest absolute Gasteiger partial charge is 0.225 e. The zero-order valence-corrected chi connectivity index (χ0v) is 15.9. The van der Waals surface area contributed by atoms with E-state index in [1.165, 1.54) is 6.07 Å². The fraction of sp³-hybridized carbons (Fsp3) is 0.200. The fourth-order valence-electron chi connectivity index (χ4n) is 2.47. The lowest BCUT2D eigenvalue weighted by molar-refractivity contribution is 0.459. The first-order valence-corrected chi connectivity index (χ1v) is 8.72. The molecular weight excluding hydrogens is 386 g/mol. The molecule has 152 valence electrons. The zero-order valence-electron chi connectivity index (χ0n) is 15.9. The summed E-state index contributed by atoms with van der Waals surface area (Å²) in [6.07, 6.45) is 0. The second kappa shape index (κ2) is 7.94. The van der Waals surface area contributed by atoms with E-state index < -0.39 is 29.0 Å². The molecule has 0 amide bonds. The standard InChI is InChI=1S/C20H19F4N5/c1-20(2,3)27-19-25-14(11-7-5-4-6-8-11)10-15(26-19)28-29-18-16(23)12(21)9-13(22)17(18)24/h4-10,29H,1-3H3,(H2,25,26,27,28). The monoisotopic (exact) mass is 405 g/mol. The number of halogens is 4. The van der Waals surface area contributed by atoms with Crippen LogP contribution in [0.5, 0.6) is 0 Å². The molecule has 1 heterocycles. The first-order chi connectivity index (χ1) is 13.6. The molecule has 29 heavy (non-hydrogen) atoms. The van der Waals surface area contributed by atoms with Crippen LogP contribution in [0.4, 0.5) is 35.0 Å². The van der Waals surface area contributed by atoms with Crippen LogP contribution in [0, 0.1) is 23.3 Å². The SMILES string of the molecule is CC(C)(C)Nc1nc(NNc2c(F)c(F)cc(F)c2F)cc(-c2ccccc2)n1. The molecule has 2 aromatic carbocycles. The van der Waals surface area contributed by atoms with Gasteiger partial charge in [-0.3, -0.25) is 10.9 Å². The van der Waals surface area contributed by atoms with Gasteiger partial charge in [0.05, 0.1) is 5.69 Å². The molecule has 0 saturated carbocycles. The molecule has 0 aliphatic rings. The van der Waals surface area contributed by atoms with Gasteiger partial charge in [-0.25, -0.2) is 22.5 Å². The molecule has 3 N–H and O–H groups in total. The van der Waals surface area contributed by atoms with Crippen molar-refractivity contribution >= 4 is 17.5 Å². The molecule has 0 aliphatic carbocycles. The topological polar surface area (TPSA) is 61.9 Å². The summed E-state index contributed by atoms with van der Waals surface area (Å²) in [5, 5.41) is 3.11. The molecule has 0 radical (unpaired) electrons. The third kappa shape index (κ3) is 4.92. The van der Waals surface area contributed by atoms with Crippen molar-refractivity contribution in [1.29, 1.82) is 0 Å². The van der Waals surface area contributed by atoms with Gasteiger partial charge < -0.3 is 5.32 Å². The van der Waals surface area contributed by atoms with Gasteiger partial charge in [0, 0.05) is 23.2 Å². The van der Waals surface area contributed by atoms with Crippen LogP contribution in [0.3, 0.4) is 0 Å². The summed E-state index contributed by atoms with van der Waals surface area (Å²) in [4.78, 5) is 8.68. The Morgan fingerprint density at radius 3 is 2.00 bits per heavy atom. The van der Waals surface area contributed by atoms with Gasteiger partial charge >= 0.3 is 0 Å². The first-order valence-electron chi connectivity index (χ1n) is 8.72. The van der Waals surface area contributed by atoms with Crippen LogP contribution in [0.2, 0.25) is 0 Å². The summed E-state index contributed by atoms with van der Waals surface area (Å²) in [7, 11) is 0. The number of anilines is 3. The van der Waals surface area contributed by atoms with E-state index in [4.69, 9.17) is 0 Å². The van der Waals surface area contributed by atoms with Gasteiger partial charge in [-0.15, -0.1) is 0 Å². The van der Waals surface area contributed by atoms with Crippen LogP contribution in [0.15, 0.2) is 42.5 Å². The van der Waals surface area contributed by atoms with Crippen molar-refractivity contribution in [2.24, 2.45) is 0 Å². The van der Waals surface area contributed by atoms with Crippen LogP contribution < -0.4 is 16.2 Å². The van der Waals surface area contributed by atoms with Gasteiger partial charge in [-0.05, 0) is 20.8 Å². The lowest BCUT2D eigenvalue weighted by Crippen LogP contribution is -2.27. The summed E-state index contributed by atoms with van der Waals surface area (Å²) in [6.45, 7) is 5.74. The third-order valence-electron chi connectivity index (χ3n) is 3.71. The van der Waals surface area contributed by atoms with Crippen molar-refractivity contribution < 1.29 is 17.6 Å². The maximum absolute atomic E-state index is 13.9. The second-order valence-electron chi connectivity index (χ2n) is 7.30. The van der Waals surface area contributed by atoms with Crippen molar-refractivity contribution in [2.45, 2.75) is 26.3 Å². The lowest BCUT2D eigenvalue weighted by Gasteiger charge is -2.21. The Kier molecular flexibility index (Phi) is 5.58. The van der Waals surface area contributed by atoms with E-state index >= 15 is 0 Å². The minimum atomic E-state index is -1.55. The van der Waals surface area contributed by atoms with Crippen molar-refractivity contribution in [3.63, 3.8) is 0 Å². The van der Waals surface area contributed by atoms with Crippen LogP contribution in [-0.2, 0) is 0 Å². The van der Waals surface area contributed by atoms with Crippen molar-refractivity contribution in [2.75, 3.05) is 16.2 Å². The number of hydrogen-bond acceptors (Lipinski definition) is 5. The molecule has 0 aliphatic heterocycles. The molecule has 9 heteroatoms. The number of rotatable bonds is 5. The molecule has 3 rings (SSSR count). The number of aromatic nitrogens is 2. The maximum Gasteiger partial charge on any atom is 0.225 e. The third-order valence-corrected chi connectivity index (χ3v) is 3.71. The highest BCUT2D eigenvalue weighted by Crippen LogP contribution is 2.26. The maximum atomic E-state index is 13.9. The molecule has 0 unspecified atom stereocenters. The Balaban J connectivity index is 1.96. The summed E-state index contributed by atoms with van der Waals surface area (Å²) < 4.78 is 54.5. The average molecular weight is 405 g/mol. The van der Waals surface area contributed by atoms with Crippen LogP contribution in [0.1, 0.15) is 20.8 Å². The van der Waals surface area contributed by atoms with Crippen LogP contribution >= 0.6 is 0 Å². The van der Waals surface area contributed by atoms with Gasteiger partial charge in [0.25, 0.3) is 0 Å². The number of nitrogens with one attached hydrogen (secondary N) is 3. The summed E-state index contributed by atoms with van der Waals surface area (Å²) >= 11 is 0. The number of hydrazine groups is 1. The Morgan fingerprint density at radius 2 is 1.41 bits per heavy atom. The van der Waals surface area contributed by atoms with Gasteiger partial charge in [-0.2, -0.15) is 4.98 Å². The number of nitrogens with zero attached hydrogens (tertiary/aromatic N) is 2. The van der Waals surface area contributed by atoms with E-state index in [1.54, 1.807) is 0 Å². The normalized spacial score (nSPS) is 11.3. The summed E-state index contributed by atoms with van der Waals surface area (Å²) in [6, 6.07) is 10.9. The van der Waals surface area contributed by atoms with Crippen LogP contribution in [-0.4, -0.2) is 15.5 Å². The largest absolute Gasteiger partial charge is 0.350 e. The lowest BCUT2D eigenvalue weighted by atomic mass is 10.1. The quantitative estimate of drug-likeness (QED) is 0.303. The van der Waals surface area contributed by atoms with Gasteiger partial charge in [-0.1, -0.05) is 30.3 Å². The second-order valence-corrected chi connectivity index (χ2v) is 7.30. The van der Waals surface area contributed by atoms with Gasteiger partial charge in [0.2, 0.25) is 5.95 Å². The van der Waals surface area contributed by atoms with E-state index in [-0.39, 0.29) is 23.4 Å². The van der Waals surface area contributed by atoms with Crippen molar-refractivity contribution in [1.82, 2.24) is 9.97 Å². The van der Waals surface area contributed by atoms with E-state index in [1.807, 2.05) is 51.1 Å². The average Bonchev–Trinajstić information content (AvgIpc) is 2.65. The van der Waals surface area contributed by atoms with Gasteiger partial charge in [0.15, 0.2) is 29.1 Å². The van der Waals surface area contributed by atoms with E-state index in [9.17, 15) is 17.6 Å². The summed E-state index contributed by atoms with van der Waals surface area (Å²) in [5.74, 6) is -5.75. The highest BCUT2D eigenvalue weighted by molar-refractivity contribution is 5.65. The fourth-order valence-corrected chi connectivity index (χ4v) is 2.47. The molecule has 3 aromatic rings. The predicted octanol–water partition coefficient (Wildman–Crippen LogP) is 5.35. The number of benzene rings is 2. The van der Waals surface area contributed by atoms with Crippen molar-refractivity contribution in [3.8, 4) is 11.3 Å². The highest BCUT2D eigenvalue weighted by Gasteiger charge is 2.19. The Bertz CT molecular complexity index is 993. The zero-order chi connectivity index (χ0) is 21.2. The minimum Gasteiger partial charge on any atom is -0.350 e. The molecule has 0 saturated heterocycles. The number of hydrogen-bond donors (Lipinski definition) is 3. The van der Waals surface area contributed by atoms with E-state index in [2.05, 4.69) is 26.1 Å². The van der Waals surface area contributed by atoms with E-state index in [0.717, 1.165) is 5.56 Å².